The van der Waals surface area contributed by atoms with Gasteiger partial charge in [-0.05, 0) is 42.7 Å². The van der Waals surface area contributed by atoms with Crippen LogP contribution in [0.5, 0.6) is 0 Å². The number of carbonyl (C=O) groups excluding carboxylic acids is 1. The van der Waals surface area contributed by atoms with E-state index in [-0.39, 0.29) is 11.9 Å². The molecule has 3 aromatic rings. The first-order valence-corrected chi connectivity index (χ1v) is 8.52. The number of carbonyl (C=O) groups is 1. The number of nitrogens with one attached hydrogen (secondary N) is 2. The summed E-state index contributed by atoms with van der Waals surface area (Å²) in [7, 11) is 0. The molecule has 1 atom stereocenters. The van der Waals surface area contributed by atoms with Crippen LogP contribution in [0.1, 0.15) is 30.5 Å². The van der Waals surface area contributed by atoms with Crippen molar-refractivity contribution in [2.45, 2.75) is 25.8 Å². The molecule has 0 fully saturated rings. The number of para-hydroxylation sites is 1. The van der Waals surface area contributed by atoms with Gasteiger partial charge in [-0.25, -0.2) is 0 Å². The summed E-state index contributed by atoms with van der Waals surface area (Å²) in [5, 5.41) is 4.26. The van der Waals surface area contributed by atoms with Crippen LogP contribution in [0.25, 0.3) is 10.9 Å². The second-order valence-corrected chi connectivity index (χ2v) is 6.62. The molecule has 0 radical (unpaired) electrons. The van der Waals surface area contributed by atoms with E-state index in [2.05, 4.69) is 38.4 Å². The Morgan fingerprint density at radius 3 is 2.70 bits per heavy atom. The summed E-state index contributed by atoms with van der Waals surface area (Å²) in [5.74, 6) is 0.0747. The van der Waals surface area contributed by atoms with Crippen LogP contribution in [-0.4, -0.2) is 10.9 Å². The van der Waals surface area contributed by atoms with Gasteiger partial charge < -0.3 is 10.3 Å². The lowest BCUT2D eigenvalue weighted by molar-refractivity contribution is -0.121. The SMILES string of the molecule is CC(NC(=O)CCc1c[nH]c2ccccc12)c1ccc(Br)cc1. The van der Waals surface area contributed by atoms with Crippen LogP contribution >= 0.6 is 15.9 Å². The molecule has 0 aliphatic rings. The summed E-state index contributed by atoms with van der Waals surface area (Å²) in [6.45, 7) is 2.01. The summed E-state index contributed by atoms with van der Waals surface area (Å²) < 4.78 is 1.04. The van der Waals surface area contributed by atoms with Gasteiger partial charge in [0, 0.05) is 28.0 Å². The van der Waals surface area contributed by atoms with E-state index in [1.807, 2.05) is 49.5 Å². The number of hydrogen-bond donors (Lipinski definition) is 2. The van der Waals surface area contributed by atoms with Gasteiger partial charge in [-0.15, -0.1) is 0 Å². The average molecular weight is 371 g/mol. The zero-order valence-corrected chi connectivity index (χ0v) is 14.6. The van der Waals surface area contributed by atoms with E-state index in [1.54, 1.807) is 0 Å². The molecule has 2 aromatic carbocycles. The van der Waals surface area contributed by atoms with Gasteiger partial charge in [0.25, 0.3) is 0 Å². The van der Waals surface area contributed by atoms with E-state index < -0.39 is 0 Å². The molecular weight excluding hydrogens is 352 g/mol. The summed E-state index contributed by atoms with van der Waals surface area (Å²) in [6, 6.07) is 16.2. The molecule has 0 bridgehead atoms. The molecule has 118 valence electrons. The number of aromatic nitrogens is 1. The largest absolute Gasteiger partial charge is 0.361 e. The first-order valence-electron chi connectivity index (χ1n) is 7.73. The number of H-pyrrole nitrogens is 1. The van der Waals surface area contributed by atoms with E-state index in [1.165, 1.54) is 10.9 Å². The minimum Gasteiger partial charge on any atom is -0.361 e. The molecule has 1 unspecified atom stereocenters. The Kier molecular flexibility index (Phi) is 4.82. The standard InChI is InChI=1S/C19H19BrN2O/c1-13(14-6-9-16(20)10-7-14)22-19(23)11-8-15-12-21-18-5-3-2-4-17(15)18/h2-7,9-10,12-13,21H,8,11H2,1H3,(H,22,23). The van der Waals surface area contributed by atoms with Gasteiger partial charge in [0.1, 0.15) is 0 Å². The summed E-state index contributed by atoms with van der Waals surface area (Å²) in [6.07, 6.45) is 3.22. The maximum atomic E-state index is 12.2. The summed E-state index contributed by atoms with van der Waals surface area (Å²) in [4.78, 5) is 15.4. The third-order valence-electron chi connectivity index (χ3n) is 4.04. The molecule has 1 amide bonds. The van der Waals surface area contributed by atoms with Gasteiger partial charge >= 0.3 is 0 Å². The Hall–Kier alpha value is -2.07. The van der Waals surface area contributed by atoms with Crippen LogP contribution in [0.4, 0.5) is 0 Å². The smallest absolute Gasteiger partial charge is 0.220 e. The Morgan fingerprint density at radius 1 is 1.17 bits per heavy atom. The van der Waals surface area contributed by atoms with Crippen molar-refractivity contribution in [1.29, 1.82) is 0 Å². The van der Waals surface area contributed by atoms with Crippen molar-refractivity contribution in [3.05, 3.63) is 70.3 Å². The number of fused-ring (bicyclic) bond motifs is 1. The molecule has 23 heavy (non-hydrogen) atoms. The quantitative estimate of drug-likeness (QED) is 0.669. The molecule has 0 saturated carbocycles. The van der Waals surface area contributed by atoms with Crippen LogP contribution in [0.15, 0.2) is 59.2 Å². The molecule has 0 aliphatic carbocycles. The van der Waals surface area contributed by atoms with Gasteiger partial charge in [-0.1, -0.05) is 46.3 Å². The molecule has 3 rings (SSSR count). The maximum absolute atomic E-state index is 12.2. The Balaban J connectivity index is 1.58. The van der Waals surface area contributed by atoms with E-state index >= 15 is 0 Å². The van der Waals surface area contributed by atoms with Gasteiger partial charge in [0.2, 0.25) is 5.91 Å². The van der Waals surface area contributed by atoms with Crippen molar-refractivity contribution in [2.75, 3.05) is 0 Å². The summed E-state index contributed by atoms with van der Waals surface area (Å²) in [5.41, 5.74) is 3.41. The van der Waals surface area contributed by atoms with E-state index in [4.69, 9.17) is 0 Å². The Labute approximate surface area is 144 Å². The zero-order chi connectivity index (χ0) is 16.2. The van der Waals surface area contributed by atoms with Crippen LogP contribution in [0.2, 0.25) is 0 Å². The lowest BCUT2D eigenvalue weighted by atomic mass is 10.1. The van der Waals surface area contributed by atoms with Gasteiger partial charge in [0.05, 0.1) is 6.04 Å². The highest BCUT2D eigenvalue weighted by atomic mass is 79.9. The highest BCUT2D eigenvalue weighted by molar-refractivity contribution is 9.10. The molecule has 0 aliphatic heterocycles. The molecule has 4 heteroatoms. The van der Waals surface area contributed by atoms with E-state index in [9.17, 15) is 4.79 Å². The maximum Gasteiger partial charge on any atom is 0.220 e. The molecule has 0 saturated heterocycles. The van der Waals surface area contributed by atoms with Crippen molar-refractivity contribution in [1.82, 2.24) is 10.3 Å². The number of benzene rings is 2. The minimum absolute atomic E-state index is 0.0126. The number of halogens is 1. The van der Waals surface area contributed by atoms with Crippen molar-refractivity contribution < 1.29 is 4.79 Å². The minimum atomic E-state index is 0.0126. The zero-order valence-electron chi connectivity index (χ0n) is 13.0. The molecule has 3 nitrogen and oxygen atoms in total. The molecule has 0 spiro atoms. The monoisotopic (exact) mass is 370 g/mol. The van der Waals surface area contributed by atoms with Gasteiger partial charge in [-0.2, -0.15) is 0 Å². The lowest BCUT2D eigenvalue weighted by Gasteiger charge is -2.14. The Bertz CT molecular complexity index is 808. The Morgan fingerprint density at radius 2 is 1.91 bits per heavy atom. The topological polar surface area (TPSA) is 44.9 Å². The predicted molar refractivity (Wildman–Crippen MR) is 97.3 cm³/mol. The van der Waals surface area contributed by atoms with Crippen molar-refractivity contribution in [3.63, 3.8) is 0 Å². The van der Waals surface area contributed by atoms with Crippen molar-refractivity contribution in [3.8, 4) is 0 Å². The van der Waals surface area contributed by atoms with Gasteiger partial charge in [0.15, 0.2) is 0 Å². The molecule has 2 N–H and O–H groups in total. The second kappa shape index (κ2) is 7.01. The normalized spacial score (nSPS) is 12.3. The lowest BCUT2D eigenvalue weighted by Crippen LogP contribution is -2.26. The number of aryl methyl sites for hydroxylation is 1. The van der Waals surface area contributed by atoms with E-state index in [0.29, 0.717) is 6.42 Å². The molecule has 1 aromatic heterocycles. The van der Waals surface area contributed by atoms with Crippen LogP contribution in [0, 0.1) is 0 Å². The van der Waals surface area contributed by atoms with Gasteiger partial charge in [-0.3, -0.25) is 4.79 Å². The third-order valence-corrected chi connectivity index (χ3v) is 4.57. The number of rotatable bonds is 5. The number of aromatic amines is 1. The second-order valence-electron chi connectivity index (χ2n) is 5.70. The molecule has 1 heterocycles. The average Bonchev–Trinajstić information content (AvgIpc) is 2.97. The third kappa shape index (κ3) is 3.82. The first kappa shape index (κ1) is 15.8. The van der Waals surface area contributed by atoms with Crippen molar-refractivity contribution in [2.24, 2.45) is 0 Å². The van der Waals surface area contributed by atoms with Crippen LogP contribution in [0.3, 0.4) is 0 Å². The fourth-order valence-electron chi connectivity index (χ4n) is 2.74. The number of hydrogen-bond acceptors (Lipinski definition) is 1. The summed E-state index contributed by atoms with van der Waals surface area (Å²) >= 11 is 3.42. The van der Waals surface area contributed by atoms with Crippen LogP contribution in [-0.2, 0) is 11.2 Å². The first-order chi connectivity index (χ1) is 11.1. The fraction of sp³-hybridized carbons (Fsp3) is 0.211. The van der Waals surface area contributed by atoms with Crippen molar-refractivity contribution >= 4 is 32.7 Å². The van der Waals surface area contributed by atoms with Crippen LogP contribution < -0.4 is 5.32 Å². The highest BCUT2D eigenvalue weighted by Gasteiger charge is 2.11. The number of amides is 1. The fourth-order valence-corrected chi connectivity index (χ4v) is 3.00. The highest BCUT2D eigenvalue weighted by Crippen LogP contribution is 2.20. The predicted octanol–water partition coefficient (Wildman–Crippen LogP) is 4.74. The molecular formula is C19H19BrN2O. The van der Waals surface area contributed by atoms with E-state index in [0.717, 1.165) is 22.0 Å².